The van der Waals surface area contributed by atoms with Crippen LogP contribution in [0.15, 0.2) is 185 Å². The van der Waals surface area contributed by atoms with Gasteiger partial charge >= 0.3 is 0 Å². The van der Waals surface area contributed by atoms with Crippen molar-refractivity contribution in [3.63, 3.8) is 0 Å². The van der Waals surface area contributed by atoms with Crippen LogP contribution in [0.4, 0.5) is 0 Å². The van der Waals surface area contributed by atoms with Gasteiger partial charge < -0.3 is 14.1 Å². The Morgan fingerprint density at radius 3 is 1.94 bits per heavy atom. The molecule has 8 aromatic rings. The molecule has 3 heteroatoms. The Kier molecular flexibility index (Phi) is 13.4. The molecule has 0 bridgehead atoms. The molecule has 0 spiro atoms. The van der Waals surface area contributed by atoms with Gasteiger partial charge in [-0.15, -0.1) is 0 Å². The molecule has 70 heavy (non-hydrogen) atoms. The fourth-order valence-electron chi connectivity index (χ4n) is 11.0. The number of methoxy groups -OCH3 is 1. The van der Waals surface area contributed by atoms with Crippen molar-refractivity contribution < 1.29 is 9.15 Å². The smallest absolute Gasteiger partial charge is 0.136 e. The van der Waals surface area contributed by atoms with Crippen molar-refractivity contribution in [1.29, 1.82) is 0 Å². The lowest BCUT2D eigenvalue weighted by atomic mass is 9.79. The molecule has 356 valence electrons. The molecule has 1 aromatic heterocycles. The van der Waals surface area contributed by atoms with Gasteiger partial charge in [-0.2, -0.15) is 0 Å². The summed E-state index contributed by atoms with van der Waals surface area (Å²) in [6.07, 6.45) is 7.31. The van der Waals surface area contributed by atoms with Gasteiger partial charge in [-0.3, -0.25) is 0 Å². The van der Waals surface area contributed by atoms with Crippen molar-refractivity contribution in [2.24, 2.45) is 5.92 Å². The molecule has 0 fully saturated rings. The van der Waals surface area contributed by atoms with Crippen molar-refractivity contribution in [2.75, 3.05) is 14.2 Å². The van der Waals surface area contributed by atoms with Crippen LogP contribution in [-0.2, 0) is 17.3 Å². The standard InChI is InChI=1S/C67H71NO2/c1-13-18-57(60(47-25-33-51(34-26-47)66(5,6)7)45(14-2)41-44-23-21-43(4)22-24-44)62(50-31-39-56-59(42-50)70-58-40-32-46-19-16-17-20-55(46)63(56)58)65-61(48-27-35-52(36-28-48)67(8,9)10)54(15-3)64(68(65)11)49-29-37-53(69-12)38-30-49/h13,16-40,42,54,64H,14-15,41H2,1-12H3/b18-13+,60-45-,62-57+. The van der Waals surface area contributed by atoms with E-state index in [1.165, 1.54) is 83.3 Å². The Hall–Kier alpha value is -6.84. The Labute approximate surface area is 417 Å². The quantitative estimate of drug-likeness (QED) is 0.114. The van der Waals surface area contributed by atoms with E-state index in [2.05, 4.69) is 245 Å². The molecule has 7 aromatic carbocycles. The van der Waals surface area contributed by atoms with E-state index in [4.69, 9.17) is 9.15 Å². The molecule has 2 atom stereocenters. The van der Waals surface area contributed by atoms with Crippen molar-refractivity contribution >= 4 is 49.4 Å². The average molecular weight is 922 g/mol. The molecule has 1 aliphatic rings. The number of likely N-dealkylation sites (N-methyl/N-ethyl adjacent to an activating group) is 1. The van der Waals surface area contributed by atoms with Gasteiger partial charge in [0, 0.05) is 35.0 Å². The van der Waals surface area contributed by atoms with Crippen LogP contribution in [0.5, 0.6) is 5.75 Å². The SMILES string of the molecule is C/C=C/C(C(=C(/CC)Cc1ccc(C)cc1)/c1ccc(C(C)(C)C)cc1)=C(\C1=C(c2ccc(C(C)(C)C)cc2)C(CC)C(c2ccc(OC)cc2)N1C)c1ccc2c(c1)oc1ccc3ccccc3c12. The van der Waals surface area contributed by atoms with Crippen LogP contribution in [0.1, 0.15) is 126 Å². The number of allylic oxidation sites excluding steroid dienone is 6. The van der Waals surface area contributed by atoms with Gasteiger partial charge in [-0.1, -0.05) is 200 Å². The number of hydrogen-bond acceptors (Lipinski definition) is 3. The number of furan rings is 1. The minimum Gasteiger partial charge on any atom is -0.497 e. The van der Waals surface area contributed by atoms with Crippen LogP contribution in [0.3, 0.4) is 0 Å². The van der Waals surface area contributed by atoms with Gasteiger partial charge in [0.05, 0.1) is 13.2 Å². The van der Waals surface area contributed by atoms with Crippen LogP contribution in [-0.4, -0.2) is 19.1 Å². The minimum atomic E-state index is 0.0127. The molecule has 3 nitrogen and oxygen atoms in total. The van der Waals surface area contributed by atoms with Crippen molar-refractivity contribution in [3.8, 4) is 5.75 Å². The van der Waals surface area contributed by atoms with E-state index in [0.29, 0.717) is 0 Å². The lowest BCUT2D eigenvalue weighted by Crippen LogP contribution is -2.23. The van der Waals surface area contributed by atoms with Crippen molar-refractivity contribution in [3.05, 3.63) is 225 Å². The monoisotopic (exact) mass is 922 g/mol. The van der Waals surface area contributed by atoms with E-state index in [9.17, 15) is 0 Å². The molecule has 0 saturated carbocycles. The van der Waals surface area contributed by atoms with Crippen LogP contribution >= 0.6 is 0 Å². The first-order valence-corrected chi connectivity index (χ1v) is 25.5. The van der Waals surface area contributed by atoms with E-state index in [0.717, 1.165) is 52.5 Å². The molecule has 2 unspecified atom stereocenters. The topological polar surface area (TPSA) is 25.6 Å². The summed E-state index contributed by atoms with van der Waals surface area (Å²) < 4.78 is 12.7. The summed E-state index contributed by atoms with van der Waals surface area (Å²) in [4.78, 5) is 2.60. The predicted octanol–water partition coefficient (Wildman–Crippen LogP) is 18.2. The maximum atomic E-state index is 6.94. The zero-order chi connectivity index (χ0) is 49.5. The van der Waals surface area contributed by atoms with Gasteiger partial charge in [0.25, 0.3) is 0 Å². The molecule has 0 radical (unpaired) electrons. The highest BCUT2D eigenvalue weighted by Crippen LogP contribution is 2.55. The summed E-state index contributed by atoms with van der Waals surface area (Å²) >= 11 is 0. The maximum absolute atomic E-state index is 6.94. The molecular weight excluding hydrogens is 851 g/mol. The Bertz CT molecular complexity index is 3300. The fourth-order valence-corrected chi connectivity index (χ4v) is 11.0. The zero-order valence-corrected chi connectivity index (χ0v) is 43.6. The molecule has 0 saturated heterocycles. The number of aryl methyl sites for hydroxylation is 1. The Morgan fingerprint density at radius 2 is 1.33 bits per heavy atom. The van der Waals surface area contributed by atoms with E-state index in [-0.39, 0.29) is 22.8 Å². The first kappa shape index (κ1) is 48.2. The fraction of sp³-hybridized carbons (Fsp3) is 0.284. The summed E-state index contributed by atoms with van der Waals surface area (Å²) in [5.41, 5.74) is 19.6. The Balaban J connectivity index is 1.43. The third-order valence-electron chi connectivity index (χ3n) is 14.9. The first-order valence-electron chi connectivity index (χ1n) is 25.5. The summed E-state index contributed by atoms with van der Waals surface area (Å²) in [6.45, 7) is 22.8. The molecule has 1 aliphatic heterocycles. The second kappa shape index (κ2) is 19.5. The number of rotatable bonds is 12. The molecule has 9 rings (SSSR count). The maximum Gasteiger partial charge on any atom is 0.136 e. The van der Waals surface area contributed by atoms with Crippen LogP contribution in [0.25, 0.3) is 49.4 Å². The summed E-state index contributed by atoms with van der Waals surface area (Å²) in [6, 6.07) is 56.9. The van der Waals surface area contributed by atoms with Gasteiger partial charge in [-0.25, -0.2) is 0 Å². The van der Waals surface area contributed by atoms with Crippen molar-refractivity contribution in [1.82, 2.24) is 4.90 Å². The number of hydrogen-bond donors (Lipinski definition) is 0. The average Bonchev–Trinajstić information content (AvgIpc) is 3.88. The van der Waals surface area contributed by atoms with Gasteiger partial charge in [-0.05, 0) is 141 Å². The number of ether oxygens (including phenoxy) is 1. The highest BCUT2D eigenvalue weighted by atomic mass is 16.5. The second-order valence-corrected chi connectivity index (χ2v) is 21.5. The lowest BCUT2D eigenvalue weighted by molar-refractivity contribution is 0.292. The van der Waals surface area contributed by atoms with E-state index in [1.54, 1.807) is 7.11 Å². The third-order valence-corrected chi connectivity index (χ3v) is 14.9. The summed E-state index contributed by atoms with van der Waals surface area (Å²) in [5, 5.41) is 4.70. The molecule has 0 amide bonds. The molecular formula is C67H71NO2. The summed E-state index contributed by atoms with van der Waals surface area (Å²) in [5.74, 6) is 1.04. The summed E-state index contributed by atoms with van der Waals surface area (Å²) in [7, 11) is 4.08. The normalized spacial score (nSPS) is 16.5. The van der Waals surface area contributed by atoms with Gasteiger partial charge in [0.2, 0.25) is 0 Å². The Morgan fingerprint density at radius 1 is 0.686 bits per heavy atom. The number of benzene rings is 7. The van der Waals surface area contributed by atoms with Crippen molar-refractivity contribution in [2.45, 2.75) is 105 Å². The number of nitrogens with zero attached hydrogens (tertiary/aromatic N) is 1. The highest BCUT2D eigenvalue weighted by molar-refractivity contribution is 6.19. The molecule has 0 N–H and O–H groups in total. The zero-order valence-electron chi connectivity index (χ0n) is 43.6. The van der Waals surface area contributed by atoms with Crippen LogP contribution in [0, 0.1) is 12.8 Å². The van der Waals surface area contributed by atoms with E-state index in [1.807, 2.05) is 0 Å². The highest BCUT2D eigenvalue weighted by Gasteiger charge is 2.42. The van der Waals surface area contributed by atoms with E-state index < -0.39 is 0 Å². The van der Waals surface area contributed by atoms with E-state index >= 15 is 0 Å². The second-order valence-electron chi connectivity index (χ2n) is 21.5. The van der Waals surface area contributed by atoms with Gasteiger partial charge in [0.1, 0.15) is 16.9 Å². The van der Waals surface area contributed by atoms with Gasteiger partial charge in [0.15, 0.2) is 0 Å². The lowest BCUT2D eigenvalue weighted by Gasteiger charge is -2.31. The number of fused-ring (bicyclic) bond motifs is 5. The predicted molar refractivity (Wildman–Crippen MR) is 300 cm³/mol. The largest absolute Gasteiger partial charge is 0.497 e. The first-order chi connectivity index (χ1) is 33.6. The molecule has 0 aliphatic carbocycles. The minimum absolute atomic E-state index is 0.0127. The van der Waals surface area contributed by atoms with Crippen LogP contribution in [0.2, 0.25) is 0 Å². The molecule has 2 heterocycles. The van der Waals surface area contributed by atoms with Crippen LogP contribution < -0.4 is 4.74 Å². The third kappa shape index (κ3) is 9.19.